The maximum absolute atomic E-state index is 5.94. The molecule has 2 nitrogen and oxygen atoms in total. The van der Waals surface area contributed by atoms with Gasteiger partial charge in [0.2, 0.25) is 0 Å². The highest BCUT2D eigenvalue weighted by Crippen LogP contribution is 2.31. The molecule has 3 heteroatoms. The Morgan fingerprint density at radius 2 is 1.68 bits per heavy atom. The van der Waals surface area contributed by atoms with Crippen molar-refractivity contribution in [2.75, 3.05) is 5.73 Å². The zero-order valence-corrected chi connectivity index (χ0v) is 13.7. The molecule has 0 fully saturated rings. The van der Waals surface area contributed by atoms with Gasteiger partial charge in [-0.3, -0.25) is 0 Å². The van der Waals surface area contributed by atoms with Crippen molar-refractivity contribution in [3.63, 3.8) is 0 Å². The van der Waals surface area contributed by atoms with Gasteiger partial charge in [-0.15, -0.1) is 11.3 Å². The van der Waals surface area contributed by atoms with E-state index in [1.54, 1.807) is 11.3 Å². The fourth-order valence-corrected chi connectivity index (χ4v) is 3.41. The van der Waals surface area contributed by atoms with E-state index in [4.69, 9.17) is 5.73 Å². The van der Waals surface area contributed by atoms with Gasteiger partial charge in [-0.05, 0) is 17.0 Å². The van der Waals surface area contributed by atoms with Crippen LogP contribution in [0, 0.1) is 0 Å². The van der Waals surface area contributed by atoms with Gasteiger partial charge in [0.1, 0.15) is 0 Å². The number of anilines is 1. The average molecular weight is 308 g/mol. The second-order valence-corrected chi connectivity index (χ2v) is 6.88. The number of hydrogen-bond acceptors (Lipinski definition) is 3. The van der Waals surface area contributed by atoms with Crippen LogP contribution >= 0.6 is 11.3 Å². The van der Waals surface area contributed by atoms with E-state index in [0.29, 0.717) is 11.0 Å². The third kappa shape index (κ3) is 3.20. The van der Waals surface area contributed by atoms with Crippen molar-refractivity contribution in [1.82, 2.24) is 4.98 Å². The third-order valence-corrected chi connectivity index (χ3v) is 4.66. The third-order valence-electron chi connectivity index (χ3n) is 3.77. The van der Waals surface area contributed by atoms with Crippen molar-refractivity contribution in [1.29, 1.82) is 0 Å². The molecule has 3 rings (SSSR count). The summed E-state index contributed by atoms with van der Waals surface area (Å²) in [6.45, 7) is 4.43. The van der Waals surface area contributed by atoms with Gasteiger partial charge in [0.15, 0.2) is 5.13 Å². The Morgan fingerprint density at radius 3 is 2.32 bits per heavy atom. The van der Waals surface area contributed by atoms with Crippen LogP contribution in [0.25, 0.3) is 11.3 Å². The first-order chi connectivity index (χ1) is 10.6. The molecular formula is C19H20N2S. The molecule has 2 aromatic carbocycles. The van der Waals surface area contributed by atoms with E-state index in [1.165, 1.54) is 16.0 Å². The lowest BCUT2D eigenvalue weighted by molar-refractivity contribution is 0.865. The van der Waals surface area contributed by atoms with Crippen LogP contribution in [0.15, 0.2) is 54.6 Å². The Morgan fingerprint density at radius 1 is 1.00 bits per heavy atom. The average Bonchev–Trinajstić information content (AvgIpc) is 2.89. The minimum Gasteiger partial charge on any atom is -0.375 e. The monoisotopic (exact) mass is 308 g/mol. The second kappa shape index (κ2) is 6.32. The number of hydrogen-bond donors (Lipinski definition) is 1. The first-order valence-electron chi connectivity index (χ1n) is 7.53. The molecule has 0 saturated carbocycles. The van der Waals surface area contributed by atoms with E-state index >= 15 is 0 Å². The molecule has 112 valence electrons. The van der Waals surface area contributed by atoms with Crippen LogP contribution in [0.1, 0.15) is 35.8 Å². The zero-order valence-electron chi connectivity index (χ0n) is 12.9. The number of nitrogen functional groups attached to an aromatic ring is 1. The summed E-state index contributed by atoms with van der Waals surface area (Å²) >= 11 is 1.58. The predicted molar refractivity (Wildman–Crippen MR) is 95.3 cm³/mol. The Hall–Kier alpha value is -2.13. The first kappa shape index (κ1) is 14.8. The number of rotatable bonds is 4. The van der Waals surface area contributed by atoms with Gasteiger partial charge in [0, 0.05) is 16.9 Å². The summed E-state index contributed by atoms with van der Waals surface area (Å²) in [4.78, 5) is 5.74. The number of thiazole rings is 1. The minimum atomic E-state index is 0.563. The van der Waals surface area contributed by atoms with Gasteiger partial charge in [0.25, 0.3) is 0 Å². The Balaban J connectivity index is 1.89. The van der Waals surface area contributed by atoms with Crippen LogP contribution in [-0.4, -0.2) is 4.98 Å². The van der Waals surface area contributed by atoms with E-state index < -0.39 is 0 Å². The molecule has 0 saturated heterocycles. The van der Waals surface area contributed by atoms with E-state index in [1.807, 2.05) is 18.2 Å². The van der Waals surface area contributed by atoms with Crippen LogP contribution in [0.5, 0.6) is 0 Å². The molecule has 0 unspecified atom stereocenters. The highest BCUT2D eigenvalue weighted by atomic mass is 32.1. The topological polar surface area (TPSA) is 38.9 Å². The SMILES string of the molecule is CC(C)c1ccc(Cc2sc(N)nc2-c2ccccc2)cc1. The van der Waals surface area contributed by atoms with Crippen LogP contribution in [0.2, 0.25) is 0 Å². The smallest absolute Gasteiger partial charge is 0.180 e. The van der Waals surface area contributed by atoms with Crippen LogP contribution in [-0.2, 0) is 6.42 Å². The fraction of sp³-hybridized carbons (Fsp3) is 0.211. The number of aromatic nitrogens is 1. The summed E-state index contributed by atoms with van der Waals surface area (Å²) in [5.41, 5.74) is 10.7. The Bertz CT molecular complexity index is 743. The lowest BCUT2D eigenvalue weighted by atomic mass is 10.00. The molecule has 0 radical (unpaired) electrons. The summed E-state index contributed by atoms with van der Waals surface area (Å²) in [7, 11) is 0. The molecular weight excluding hydrogens is 288 g/mol. The molecule has 2 N–H and O–H groups in total. The molecule has 0 bridgehead atoms. The summed E-state index contributed by atoms with van der Waals surface area (Å²) in [5.74, 6) is 0.563. The molecule has 1 aromatic heterocycles. The van der Waals surface area contributed by atoms with E-state index in [-0.39, 0.29) is 0 Å². The molecule has 3 aromatic rings. The van der Waals surface area contributed by atoms with Crippen molar-refractivity contribution in [2.45, 2.75) is 26.2 Å². The highest BCUT2D eigenvalue weighted by Gasteiger charge is 2.12. The lowest BCUT2D eigenvalue weighted by Gasteiger charge is -2.07. The van der Waals surface area contributed by atoms with Gasteiger partial charge in [-0.1, -0.05) is 68.4 Å². The van der Waals surface area contributed by atoms with Gasteiger partial charge in [-0.25, -0.2) is 4.98 Å². The maximum Gasteiger partial charge on any atom is 0.180 e. The van der Waals surface area contributed by atoms with Crippen molar-refractivity contribution in [3.05, 3.63) is 70.6 Å². The van der Waals surface area contributed by atoms with Gasteiger partial charge in [0.05, 0.1) is 5.69 Å². The molecule has 0 aliphatic rings. The van der Waals surface area contributed by atoms with Crippen molar-refractivity contribution in [3.8, 4) is 11.3 Å². The number of nitrogens with zero attached hydrogens (tertiary/aromatic N) is 1. The molecule has 1 heterocycles. The minimum absolute atomic E-state index is 0.563. The van der Waals surface area contributed by atoms with Crippen molar-refractivity contribution < 1.29 is 0 Å². The molecule has 0 amide bonds. The summed E-state index contributed by atoms with van der Waals surface area (Å²) in [6, 6.07) is 19.1. The Kier molecular flexibility index (Phi) is 4.25. The summed E-state index contributed by atoms with van der Waals surface area (Å²) in [5, 5.41) is 0.632. The van der Waals surface area contributed by atoms with Crippen LogP contribution in [0.4, 0.5) is 5.13 Å². The molecule has 0 atom stereocenters. The van der Waals surface area contributed by atoms with E-state index in [0.717, 1.165) is 17.7 Å². The highest BCUT2D eigenvalue weighted by molar-refractivity contribution is 7.15. The van der Waals surface area contributed by atoms with Gasteiger partial charge in [-0.2, -0.15) is 0 Å². The quantitative estimate of drug-likeness (QED) is 0.727. The zero-order chi connectivity index (χ0) is 15.5. The Labute approximate surface area is 135 Å². The molecule has 0 aliphatic carbocycles. The van der Waals surface area contributed by atoms with Crippen molar-refractivity contribution in [2.24, 2.45) is 0 Å². The van der Waals surface area contributed by atoms with Gasteiger partial charge < -0.3 is 5.73 Å². The van der Waals surface area contributed by atoms with Crippen molar-refractivity contribution >= 4 is 16.5 Å². The van der Waals surface area contributed by atoms with E-state index in [9.17, 15) is 0 Å². The standard InChI is InChI=1S/C19H20N2S/c1-13(2)15-10-8-14(9-11-15)12-17-18(21-19(20)22-17)16-6-4-3-5-7-16/h3-11,13H,12H2,1-2H3,(H2,20,21). The molecule has 22 heavy (non-hydrogen) atoms. The number of nitrogens with two attached hydrogens (primary N) is 1. The summed E-state index contributed by atoms with van der Waals surface area (Å²) in [6.07, 6.45) is 0.872. The number of benzene rings is 2. The largest absolute Gasteiger partial charge is 0.375 e. The second-order valence-electron chi connectivity index (χ2n) is 5.76. The first-order valence-corrected chi connectivity index (χ1v) is 8.34. The van der Waals surface area contributed by atoms with E-state index in [2.05, 4.69) is 55.2 Å². The molecule has 0 aliphatic heterocycles. The lowest BCUT2D eigenvalue weighted by Crippen LogP contribution is -1.91. The van der Waals surface area contributed by atoms with Gasteiger partial charge >= 0.3 is 0 Å². The normalized spacial score (nSPS) is 11.0. The fourth-order valence-electron chi connectivity index (χ4n) is 2.52. The van der Waals surface area contributed by atoms with Crippen LogP contribution < -0.4 is 5.73 Å². The predicted octanol–water partition coefficient (Wildman–Crippen LogP) is 5.11. The van der Waals surface area contributed by atoms with Crippen LogP contribution in [0.3, 0.4) is 0 Å². The summed E-state index contributed by atoms with van der Waals surface area (Å²) < 4.78 is 0. The molecule has 0 spiro atoms. The maximum atomic E-state index is 5.94.